The second kappa shape index (κ2) is 5.16. The third-order valence-electron chi connectivity index (χ3n) is 2.16. The maximum absolute atomic E-state index is 12.0. The maximum Gasteiger partial charge on any atom is 0.261 e. The minimum absolute atomic E-state index is 0.246. The number of amides is 1. The summed E-state index contributed by atoms with van der Waals surface area (Å²) in [6.45, 7) is 2.40. The molecule has 0 fully saturated rings. The summed E-state index contributed by atoms with van der Waals surface area (Å²) < 4.78 is 5.39. The van der Waals surface area contributed by atoms with E-state index in [0.29, 0.717) is 23.9 Å². The van der Waals surface area contributed by atoms with Crippen molar-refractivity contribution in [1.29, 1.82) is 0 Å². The summed E-state index contributed by atoms with van der Waals surface area (Å²) in [6, 6.07) is 7.10. The molecule has 17 heavy (non-hydrogen) atoms. The van der Waals surface area contributed by atoms with Crippen LogP contribution in [0, 0.1) is 0 Å². The highest BCUT2D eigenvalue weighted by atomic mass is 16.5. The van der Waals surface area contributed by atoms with Gasteiger partial charge in [0.2, 0.25) is 5.95 Å². The van der Waals surface area contributed by atoms with Crippen LogP contribution in [0.4, 0.5) is 5.95 Å². The van der Waals surface area contributed by atoms with Crippen LogP contribution in [0.15, 0.2) is 36.7 Å². The van der Waals surface area contributed by atoms with Gasteiger partial charge >= 0.3 is 0 Å². The summed E-state index contributed by atoms with van der Waals surface area (Å²) in [5.41, 5.74) is 0.491. The molecule has 0 spiro atoms. The summed E-state index contributed by atoms with van der Waals surface area (Å²) in [4.78, 5) is 18.7. The second-order valence-corrected chi connectivity index (χ2v) is 3.32. The van der Waals surface area contributed by atoms with Crippen molar-refractivity contribution in [3.63, 3.8) is 0 Å². The summed E-state index contributed by atoms with van der Waals surface area (Å²) >= 11 is 0. The predicted octanol–water partition coefficient (Wildman–Crippen LogP) is 2.06. The minimum atomic E-state index is -0.246. The number of rotatable bonds is 4. The molecule has 88 valence electrons. The van der Waals surface area contributed by atoms with E-state index in [1.807, 2.05) is 13.0 Å². The van der Waals surface area contributed by atoms with Gasteiger partial charge in [0.25, 0.3) is 5.91 Å². The predicted molar refractivity (Wildman–Crippen MR) is 64.2 cm³/mol. The van der Waals surface area contributed by atoms with Gasteiger partial charge in [-0.25, -0.2) is 4.98 Å². The Morgan fingerprint density at radius 2 is 2.29 bits per heavy atom. The molecular weight excluding hydrogens is 218 g/mol. The van der Waals surface area contributed by atoms with Gasteiger partial charge in [0.1, 0.15) is 5.75 Å². The van der Waals surface area contributed by atoms with Gasteiger partial charge < -0.3 is 9.72 Å². The van der Waals surface area contributed by atoms with Crippen molar-refractivity contribution in [2.45, 2.75) is 6.92 Å². The molecule has 1 aromatic carbocycles. The smallest absolute Gasteiger partial charge is 0.261 e. The van der Waals surface area contributed by atoms with E-state index in [9.17, 15) is 4.79 Å². The summed E-state index contributed by atoms with van der Waals surface area (Å²) in [5, 5.41) is 2.65. The Morgan fingerprint density at radius 3 is 3.00 bits per heavy atom. The van der Waals surface area contributed by atoms with Gasteiger partial charge in [-0.15, -0.1) is 0 Å². The molecule has 0 atom stereocenters. The first kappa shape index (κ1) is 11.2. The summed E-state index contributed by atoms with van der Waals surface area (Å²) in [6.07, 6.45) is 3.22. The van der Waals surface area contributed by atoms with E-state index in [0.717, 1.165) is 0 Å². The van der Waals surface area contributed by atoms with Gasteiger partial charge in [0, 0.05) is 12.4 Å². The van der Waals surface area contributed by atoms with Crippen molar-refractivity contribution in [2.75, 3.05) is 11.9 Å². The zero-order valence-electron chi connectivity index (χ0n) is 9.43. The zero-order valence-corrected chi connectivity index (χ0v) is 9.43. The van der Waals surface area contributed by atoms with E-state index in [2.05, 4.69) is 15.3 Å². The highest BCUT2D eigenvalue weighted by molar-refractivity contribution is 6.05. The third kappa shape index (κ3) is 2.63. The first-order chi connectivity index (χ1) is 8.31. The number of para-hydroxylation sites is 1. The van der Waals surface area contributed by atoms with E-state index >= 15 is 0 Å². The Labute approximate surface area is 98.8 Å². The van der Waals surface area contributed by atoms with Crippen molar-refractivity contribution in [1.82, 2.24) is 9.97 Å². The number of anilines is 1. The molecule has 0 radical (unpaired) electrons. The molecule has 0 saturated carbocycles. The number of aromatic nitrogens is 2. The molecule has 0 aliphatic heterocycles. The molecule has 0 bridgehead atoms. The Hall–Kier alpha value is -2.30. The van der Waals surface area contributed by atoms with Crippen LogP contribution >= 0.6 is 0 Å². The molecule has 0 aliphatic rings. The number of carbonyl (C=O) groups is 1. The quantitative estimate of drug-likeness (QED) is 0.846. The van der Waals surface area contributed by atoms with Gasteiger partial charge in [-0.05, 0) is 19.1 Å². The van der Waals surface area contributed by atoms with Crippen LogP contribution in [-0.4, -0.2) is 22.5 Å². The molecule has 2 N–H and O–H groups in total. The molecule has 1 aromatic heterocycles. The number of imidazole rings is 1. The van der Waals surface area contributed by atoms with Crippen LogP contribution in [-0.2, 0) is 0 Å². The fourth-order valence-electron chi connectivity index (χ4n) is 1.44. The molecule has 2 aromatic rings. The molecule has 0 aliphatic carbocycles. The summed E-state index contributed by atoms with van der Waals surface area (Å²) in [5.74, 6) is 0.740. The monoisotopic (exact) mass is 231 g/mol. The van der Waals surface area contributed by atoms with Gasteiger partial charge in [-0.2, -0.15) is 0 Å². The fraction of sp³-hybridized carbons (Fsp3) is 0.167. The number of nitrogens with one attached hydrogen (secondary N) is 2. The Morgan fingerprint density at radius 1 is 1.47 bits per heavy atom. The SMILES string of the molecule is CCOc1ccccc1C(=O)Nc1ncc[nH]1. The van der Waals surface area contributed by atoms with Crippen LogP contribution < -0.4 is 10.1 Å². The standard InChI is InChI=1S/C12H13N3O2/c1-2-17-10-6-4-3-5-9(10)11(16)15-12-13-7-8-14-12/h3-8H,2H2,1H3,(H2,13,14,15,16). The highest BCUT2D eigenvalue weighted by Crippen LogP contribution is 2.18. The average molecular weight is 231 g/mol. The van der Waals surface area contributed by atoms with E-state index in [-0.39, 0.29) is 5.91 Å². The normalized spacial score (nSPS) is 9.94. The molecule has 0 saturated heterocycles. The zero-order chi connectivity index (χ0) is 12.1. The number of aromatic amines is 1. The van der Waals surface area contributed by atoms with Gasteiger partial charge in [-0.3, -0.25) is 10.1 Å². The third-order valence-corrected chi connectivity index (χ3v) is 2.16. The number of H-pyrrole nitrogens is 1. The molecule has 1 amide bonds. The fourth-order valence-corrected chi connectivity index (χ4v) is 1.44. The number of carbonyl (C=O) groups excluding carboxylic acids is 1. The van der Waals surface area contributed by atoms with Crippen molar-refractivity contribution in [3.05, 3.63) is 42.2 Å². The van der Waals surface area contributed by atoms with Crippen LogP contribution in [0.1, 0.15) is 17.3 Å². The first-order valence-corrected chi connectivity index (χ1v) is 5.34. The Balaban J connectivity index is 2.18. The van der Waals surface area contributed by atoms with E-state index in [4.69, 9.17) is 4.74 Å². The lowest BCUT2D eigenvalue weighted by Crippen LogP contribution is -2.14. The largest absolute Gasteiger partial charge is 0.493 e. The lowest BCUT2D eigenvalue weighted by molar-refractivity contribution is 0.102. The topological polar surface area (TPSA) is 67.0 Å². The van der Waals surface area contributed by atoms with Crippen LogP contribution in [0.3, 0.4) is 0 Å². The van der Waals surface area contributed by atoms with Crippen molar-refractivity contribution in [2.24, 2.45) is 0 Å². The molecule has 5 heteroatoms. The maximum atomic E-state index is 12.0. The van der Waals surface area contributed by atoms with Crippen molar-refractivity contribution < 1.29 is 9.53 Å². The average Bonchev–Trinajstić information content (AvgIpc) is 2.83. The molecule has 2 rings (SSSR count). The Kier molecular flexibility index (Phi) is 3.40. The van der Waals surface area contributed by atoms with Crippen molar-refractivity contribution >= 4 is 11.9 Å². The number of benzene rings is 1. The van der Waals surface area contributed by atoms with Gasteiger partial charge in [-0.1, -0.05) is 12.1 Å². The number of hydrogen-bond donors (Lipinski definition) is 2. The Bertz CT molecular complexity index is 494. The summed E-state index contributed by atoms with van der Waals surface area (Å²) in [7, 11) is 0. The number of ether oxygens (including phenoxy) is 1. The molecular formula is C12H13N3O2. The van der Waals surface area contributed by atoms with E-state index < -0.39 is 0 Å². The van der Waals surface area contributed by atoms with E-state index in [1.165, 1.54) is 0 Å². The van der Waals surface area contributed by atoms with Gasteiger partial charge in [0.05, 0.1) is 12.2 Å². The van der Waals surface area contributed by atoms with Crippen LogP contribution in [0.2, 0.25) is 0 Å². The number of hydrogen-bond acceptors (Lipinski definition) is 3. The molecule has 0 unspecified atom stereocenters. The second-order valence-electron chi connectivity index (χ2n) is 3.32. The van der Waals surface area contributed by atoms with Crippen molar-refractivity contribution in [3.8, 4) is 5.75 Å². The van der Waals surface area contributed by atoms with Gasteiger partial charge in [0.15, 0.2) is 0 Å². The highest BCUT2D eigenvalue weighted by Gasteiger charge is 2.12. The minimum Gasteiger partial charge on any atom is -0.493 e. The van der Waals surface area contributed by atoms with E-state index in [1.54, 1.807) is 30.6 Å². The lowest BCUT2D eigenvalue weighted by Gasteiger charge is -2.08. The molecule has 1 heterocycles. The first-order valence-electron chi connectivity index (χ1n) is 5.34. The van der Waals surface area contributed by atoms with Crippen LogP contribution in [0.25, 0.3) is 0 Å². The lowest BCUT2D eigenvalue weighted by atomic mass is 10.2. The van der Waals surface area contributed by atoms with Crippen LogP contribution in [0.5, 0.6) is 5.75 Å². The number of nitrogens with zero attached hydrogens (tertiary/aromatic N) is 1. The molecule has 5 nitrogen and oxygen atoms in total.